The van der Waals surface area contributed by atoms with Gasteiger partial charge in [-0.1, -0.05) is 39.5 Å². The van der Waals surface area contributed by atoms with Gasteiger partial charge in [-0.25, -0.2) is 0 Å². The van der Waals surface area contributed by atoms with Crippen molar-refractivity contribution in [3.63, 3.8) is 0 Å². The van der Waals surface area contributed by atoms with Gasteiger partial charge in [-0.2, -0.15) is 0 Å². The standard InChI is InChI=1S/C10H23N/c1-4-6-7-10(5-2)8-9-11-3/h10-11H,4-9H2,1-3H3. The molecule has 1 N–H and O–H groups in total. The molecular formula is C10H23N. The van der Waals surface area contributed by atoms with Gasteiger partial charge in [0.25, 0.3) is 0 Å². The van der Waals surface area contributed by atoms with Crippen molar-refractivity contribution < 1.29 is 0 Å². The topological polar surface area (TPSA) is 12.0 Å². The molecule has 0 aliphatic rings. The molecule has 1 nitrogen and oxygen atoms in total. The molecule has 1 heteroatoms. The molecule has 11 heavy (non-hydrogen) atoms. The minimum absolute atomic E-state index is 0.961. The highest BCUT2D eigenvalue weighted by atomic mass is 14.8. The van der Waals surface area contributed by atoms with Crippen LogP contribution in [-0.2, 0) is 0 Å². The van der Waals surface area contributed by atoms with Gasteiger partial charge in [-0.05, 0) is 25.9 Å². The molecule has 0 fully saturated rings. The summed E-state index contributed by atoms with van der Waals surface area (Å²) in [5.74, 6) is 0.961. The van der Waals surface area contributed by atoms with Crippen LogP contribution in [0.15, 0.2) is 0 Å². The number of unbranched alkanes of at least 4 members (excludes halogenated alkanes) is 1. The van der Waals surface area contributed by atoms with E-state index in [1.165, 1.54) is 38.6 Å². The molecule has 0 aliphatic carbocycles. The van der Waals surface area contributed by atoms with Gasteiger partial charge in [0.1, 0.15) is 0 Å². The molecule has 0 amide bonds. The third-order valence-corrected chi connectivity index (χ3v) is 2.35. The lowest BCUT2D eigenvalue weighted by molar-refractivity contribution is 0.416. The zero-order valence-electron chi connectivity index (χ0n) is 8.32. The number of hydrogen-bond donors (Lipinski definition) is 1. The second-order valence-electron chi connectivity index (χ2n) is 3.31. The van der Waals surface area contributed by atoms with Crippen LogP contribution < -0.4 is 5.32 Å². The first-order valence-electron chi connectivity index (χ1n) is 4.99. The van der Waals surface area contributed by atoms with E-state index >= 15 is 0 Å². The van der Waals surface area contributed by atoms with Crippen LogP contribution in [0.5, 0.6) is 0 Å². The largest absolute Gasteiger partial charge is 0.320 e. The Morgan fingerprint density at radius 3 is 2.36 bits per heavy atom. The third-order valence-electron chi connectivity index (χ3n) is 2.35. The average molecular weight is 157 g/mol. The monoisotopic (exact) mass is 157 g/mol. The molecule has 0 aromatic rings. The molecule has 1 atom stereocenters. The van der Waals surface area contributed by atoms with Crippen molar-refractivity contribution in [2.75, 3.05) is 13.6 Å². The van der Waals surface area contributed by atoms with E-state index in [1.54, 1.807) is 0 Å². The lowest BCUT2D eigenvalue weighted by atomic mass is 9.96. The Bertz CT molecular complexity index is 63.3. The molecular weight excluding hydrogens is 134 g/mol. The normalized spacial score (nSPS) is 13.4. The first-order valence-corrected chi connectivity index (χ1v) is 4.99. The first-order chi connectivity index (χ1) is 5.35. The summed E-state index contributed by atoms with van der Waals surface area (Å²) in [5.41, 5.74) is 0. The van der Waals surface area contributed by atoms with E-state index in [-0.39, 0.29) is 0 Å². The number of nitrogens with one attached hydrogen (secondary N) is 1. The van der Waals surface area contributed by atoms with Crippen LogP contribution in [-0.4, -0.2) is 13.6 Å². The van der Waals surface area contributed by atoms with Crippen LogP contribution >= 0.6 is 0 Å². The highest BCUT2D eigenvalue weighted by molar-refractivity contribution is 4.58. The molecule has 0 aromatic carbocycles. The summed E-state index contributed by atoms with van der Waals surface area (Å²) in [4.78, 5) is 0. The number of hydrogen-bond acceptors (Lipinski definition) is 1. The highest BCUT2D eigenvalue weighted by Crippen LogP contribution is 2.15. The molecule has 68 valence electrons. The Morgan fingerprint density at radius 1 is 1.18 bits per heavy atom. The molecule has 0 aromatic heterocycles. The maximum absolute atomic E-state index is 3.21. The van der Waals surface area contributed by atoms with Crippen molar-refractivity contribution in [3.8, 4) is 0 Å². The van der Waals surface area contributed by atoms with E-state index in [1.807, 2.05) is 7.05 Å². The second-order valence-corrected chi connectivity index (χ2v) is 3.31. The van der Waals surface area contributed by atoms with Crippen LogP contribution in [0.2, 0.25) is 0 Å². The lowest BCUT2D eigenvalue weighted by Crippen LogP contribution is -2.12. The molecule has 0 aliphatic heterocycles. The lowest BCUT2D eigenvalue weighted by Gasteiger charge is -2.13. The first kappa shape index (κ1) is 11.0. The van der Waals surface area contributed by atoms with Crippen molar-refractivity contribution in [2.45, 2.75) is 46.0 Å². The van der Waals surface area contributed by atoms with Gasteiger partial charge in [0, 0.05) is 0 Å². The zero-order valence-corrected chi connectivity index (χ0v) is 8.32. The van der Waals surface area contributed by atoms with Gasteiger partial charge < -0.3 is 5.32 Å². The molecule has 0 saturated heterocycles. The Balaban J connectivity index is 3.25. The maximum atomic E-state index is 3.21. The smallest absolute Gasteiger partial charge is 0.00493 e. The molecule has 0 saturated carbocycles. The van der Waals surface area contributed by atoms with E-state index in [0.717, 1.165) is 5.92 Å². The average Bonchev–Trinajstić information content (AvgIpc) is 2.05. The van der Waals surface area contributed by atoms with E-state index in [4.69, 9.17) is 0 Å². The summed E-state index contributed by atoms with van der Waals surface area (Å²) in [6.45, 7) is 5.75. The molecule has 0 spiro atoms. The van der Waals surface area contributed by atoms with E-state index < -0.39 is 0 Å². The number of rotatable bonds is 7. The van der Waals surface area contributed by atoms with Gasteiger partial charge in [0.05, 0.1) is 0 Å². The van der Waals surface area contributed by atoms with Gasteiger partial charge in [0.2, 0.25) is 0 Å². The van der Waals surface area contributed by atoms with Crippen molar-refractivity contribution in [1.82, 2.24) is 5.32 Å². The van der Waals surface area contributed by atoms with Crippen LogP contribution in [0.25, 0.3) is 0 Å². The summed E-state index contributed by atoms with van der Waals surface area (Å²) in [6.07, 6.45) is 6.88. The summed E-state index contributed by atoms with van der Waals surface area (Å²) >= 11 is 0. The van der Waals surface area contributed by atoms with E-state index in [2.05, 4.69) is 19.2 Å². The zero-order chi connectivity index (χ0) is 8.53. The molecule has 0 radical (unpaired) electrons. The molecule has 0 bridgehead atoms. The molecule has 1 unspecified atom stereocenters. The Kier molecular flexibility index (Phi) is 8.03. The van der Waals surface area contributed by atoms with E-state index in [0.29, 0.717) is 0 Å². The van der Waals surface area contributed by atoms with Crippen molar-refractivity contribution in [1.29, 1.82) is 0 Å². The summed E-state index contributed by atoms with van der Waals surface area (Å²) in [7, 11) is 2.03. The van der Waals surface area contributed by atoms with Gasteiger partial charge in [-0.3, -0.25) is 0 Å². The quantitative estimate of drug-likeness (QED) is 0.599. The molecule has 0 heterocycles. The Morgan fingerprint density at radius 2 is 1.91 bits per heavy atom. The second kappa shape index (κ2) is 8.06. The van der Waals surface area contributed by atoms with Crippen LogP contribution in [0.4, 0.5) is 0 Å². The fourth-order valence-corrected chi connectivity index (χ4v) is 1.39. The van der Waals surface area contributed by atoms with Crippen LogP contribution in [0.1, 0.15) is 46.0 Å². The molecule has 0 rings (SSSR count). The van der Waals surface area contributed by atoms with E-state index in [9.17, 15) is 0 Å². The van der Waals surface area contributed by atoms with Crippen molar-refractivity contribution >= 4 is 0 Å². The Labute approximate surface area is 71.6 Å². The maximum Gasteiger partial charge on any atom is -0.00493 e. The SMILES string of the molecule is CCCCC(CC)CCNC. The van der Waals surface area contributed by atoms with Gasteiger partial charge in [-0.15, -0.1) is 0 Å². The van der Waals surface area contributed by atoms with Crippen molar-refractivity contribution in [2.24, 2.45) is 5.92 Å². The summed E-state index contributed by atoms with van der Waals surface area (Å²) in [6, 6.07) is 0. The third kappa shape index (κ3) is 6.36. The van der Waals surface area contributed by atoms with Crippen molar-refractivity contribution in [3.05, 3.63) is 0 Å². The predicted octanol–water partition coefficient (Wildman–Crippen LogP) is 2.81. The summed E-state index contributed by atoms with van der Waals surface area (Å²) < 4.78 is 0. The highest BCUT2D eigenvalue weighted by Gasteiger charge is 2.03. The Hall–Kier alpha value is -0.0400. The summed E-state index contributed by atoms with van der Waals surface area (Å²) in [5, 5.41) is 3.21. The predicted molar refractivity (Wildman–Crippen MR) is 51.8 cm³/mol. The fourth-order valence-electron chi connectivity index (χ4n) is 1.39. The minimum Gasteiger partial charge on any atom is -0.320 e. The van der Waals surface area contributed by atoms with Gasteiger partial charge >= 0.3 is 0 Å². The van der Waals surface area contributed by atoms with Crippen LogP contribution in [0.3, 0.4) is 0 Å². The van der Waals surface area contributed by atoms with Gasteiger partial charge in [0.15, 0.2) is 0 Å². The van der Waals surface area contributed by atoms with Crippen LogP contribution in [0, 0.1) is 5.92 Å². The minimum atomic E-state index is 0.961. The fraction of sp³-hybridized carbons (Fsp3) is 1.00.